The summed E-state index contributed by atoms with van der Waals surface area (Å²) in [4.78, 5) is 5.78. The van der Waals surface area contributed by atoms with Crippen LogP contribution in [-0.4, -0.2) is 18.5 Å². The Bertz CT molecular complexity index is 4710. The fraction of sp³-hybridized carbons (Fsp3) is 0. The van der Waals surface area contributed by atoms with Gasteiger partial charge in [0.15, 0.2) is 0 Å². The number of aromatic nitrogens is 5. The van der Waals surface area contributed by atoms with Crippen LogP contribution in [0.15, 0.2) is 249 Å². The Morgan fingerprint density at radius 3 is 1.64 bits per heavy atom. The Labute approximate surface area is 446 Å². The zero-order valence-corrected chi connectivity index (χ0v) is 42.4. The number of para-hydroxylation sites is 7. The zero-order valence-electron chi connectivity index (χ0n) is 40.1. The van der Waals surface area contributed by atoms with Crippen LogP contribution in [0.2, 0.25) is 0 Å². The van der Waals surface area contributed by atoms with E-state index in [1.165, 1.54) is 5.39 Å². The molecule has 0 bridgehead atoms. The first kappa shape index (κ1) is 44.4. The summed E-state index contributed by atoms with van der Waals surface area (Å²) >= 11 is 0. The van der Waals surface area contributed by atoms with Gasteiger partial charge in [0.05, 0.1) is 38.8 Å². The number of hydrogen-bond acceptors (Lipinski definition) is 2. The molecule has 4 aromatic heterocycles. The summed E-state index contributed by atoms with van der Waals surface area (Å²) in [6, 6.07) is 94.7. The van der Waals surface area contributed by atoms with E-state index in [2.05, 4.69) is 267 Å². The first-order valence-corrected chi connectivity index (χ1v) is 24.9. The number of imidazole rings is 1. The summed E-state index contributed by atoms with van der Waals surface area (Å²) in [5.41, 5.74) is 14.3. The van der Waals surface area contributed by atoms with Crippen molar-refractivity contribution in [3.8, 4) is 50.9 Å². The van der Waals surface area contributed by atoms with Gasteiger partial charge < -0.3 is 18.3 Å². The molecule has 0 saturated carbocycles. The molecule has 0 unspecified atom stereocenters. The molecular weight excluding hydrogens is 1100 g/mol. The molecule has 11 aromatic carbocycles. The van der Waals surface area contributed by atoms with Crippen LogP contribution < -0.4 is 9.30 Å². The Balaban J connectivity index is 0.00000516. The normalized spacial score (nSPS) is 11.6. The van der Waals surface area contributed by atoms with Gasteiger partial charge in [0.1, 0.15) is 5.82 Å². The van der Waals surface area contributed by atoms with Crippen LogP contribution in [-0.2, 0) is 21.1 Å². The van der Waals surface area contributed by atoms with Gasteiger partial charge >= 0.3 is 0 Å². The minimum atomic E-state index is 0. The summed E-state index contributed by atoms with van der Waals surface area (Å²) < 4.78 is 15.8. The van der Waals surface area contributed by atoms with E-state index in [-0.39, 0.29) is 21.1 Å². The van der Waals surface area contributed by atoms with E-state index in [1.807, 2.05) is 18.2 Å². The predicted molar refractivity (Wildman–Crippen MR) is 301 cm³/mol. The molecule has 0 aliphatic heterocycles. The maximum Gasteiger partial charge on any atom is 0.268 e. The van der Waals surface area contributed by atoms with Crippen molar-refractivity contribution >= 4 is 81.8 Å². The van der Waals surface area contributed by atoms with E-state index in [4.69, 9.17) is 9.72 Å². The van der Waals surface area contributed by atoms with Crippen molar-refractivity contribution in [1.82, 2.24) is 18.5 Å². The van der Waals surface area contributed by atoms with Crippen molar-refractivity contribution < 1.29 is 30.4 Å². The van der Waals surface area contributed by atoms with E-state index in [0.717, 1.165) is 116 Å². The van der Waals surface area contributed by atoms with Gasteiger partial charge in [-0.3, -0.25) is 4.57 Å². The van der Waals surface area contributed by atoms with Crippen LogP contribution in [0, 0.1) is 18.5 Å². The topological polar surface area (TPSA) is 40.3 Å². The second-order valence-electron chi connectivity index (χ2n) is 18.7. The Morgan fingerprint density at radius 1 is 0.400 bits per heavy atom. The van der Waals surface area contributed by atoms with Gasteiger partial charge in [-0.1, -0.05) is 200 Å². The summed E-state index contributed by atoms with van der Waals surface area (Å²) in [6.07, 6.45) is 3.79. The Morgan fingerprint density at radius 2 is 0.933 bits per heavy atom. The fourth-order valence-electron chi connectivity index (χ4n) is 11.3. The third-order valence-corrected chi connectivity index (χ3v) is 14.5. The molecule has 0 amide bonds. The molecule has 75 heavy (non-hydrogen) atoms. The summed E-state index contributed by atoms with van der Waals surface area (Å²) in [6.45, 7) is 0. The minimum absolute atomic E-state index is 0. The summed E-state index contributed by atoms with van der Waals surface area (Å²) in [7, 11) is 0. The molecule has 4 heterocycles. The van der Waals surface area contributed by atoms with E-state index in [1.54, 1.807) is 0 Å². The van der Waals surface area contributed by atoms with Gasteiger partial charge in [-0.15, -0.1) is 29.7 Å². The molecule has 0 aliphatic rings. The molecule has 0 spiro atoms. The molecule has 15 aromatic rings. The maximum absolute atomic E-state index is 6.85. The van der Waals surface area contributed by atoms with Crippen LogP contribution in [0.5, 0.6) is 11.5 Å². The predicted octanol–water partition coefficient (Wildman–Crippen LogP) is 16.4. The minimum Gasteiger partial charge on any atom is -0.510 e. The smallest absolute Gasteiger partial charge is 0.268 e. The van der Waals surface area contributed by atoms with Crippen molar-refractivity contribution in [3.05, 3.63) is 267 Å². The second-order valence-corrected chi connectivity index (χ2v) is 18.7. The first-order valence-electron chi connectivity index (χ1n) is 24.9. The monoisotopic (exact) mass is 1140 g/mol. The number of ether oxygens (including phenoxy) is 1. The first-order chi connectivity index (χ1) is 36.7. The van der Waals surface area contributed by atoms with Crippen molar-refractivity contribution in [1.29, 1.82) is 0 Å². The molecule has 356 valence electrons. The molecule has 15 rings (SSSR count). The van der Waals surface area contributed by atoms with Crippen molar-refractivity contribution in [2.24, 2.45) is 0 Å². The van der Waals surface area contributed by atoms with E-state index < -0.39 is 0 Å². The number of benzene rings is 11. The molecule has 0 atom stereocenters. The Hall–Kier alpha value is -9.35. The molecule has 7 heteroatoms. The van der Waals surface area contributed by atoms with Gasteiger partial charge in [-0.05, 0) is 63.0 Å². The molecule has 0 saturated heterocycles. The largest absolute Gasteiger partial charge is 0.510 e. The third-order valence-electron chi connectivity index (χ3n) is 14.5. The van der Waals surface area contributed by atoms with Crippen molar-refractivity contribution in [2.45, 2.75) is 0 Å². The van der Waals surface area contributed by atoms with Crippen molar-refractivity contribution in [3.63, 3.8) is 0 Å². The van der Waals surface area contributed by atoms with Gasteiger partial charge in [0.25, 0.3) is 6.33 Å². The van der Waals surface area contributed by atoms with Crippen LogP contribution in [0.1, 0.15) is 0 Å². The van der Waals surface area contributed by atoms with E-state index in [9.17, 15) is 0 Å². The number of rotatable bonds is 7. The summed E-state index contributed by atoms with van der Waals surface area (Å²) in [5.74, 6) is 1.90. The van der Waals surface area contributed by atoms with Gasteiger partial charge in [-0.25, -0.2) is 4.98 Å². The van der Waals surface area contributed by atoms with Crippen LogP contribution in [0.3, 0.4) is 0 Å². The number of nitrogens with zero attached hydrogens (tertiary/aromatic N) is 5. The molecule has 0 N–H and O–H groups in total. The van der Waals surface area contributed by atoms with Crippen molar-refractivity contribution in [2.75, 3.05) is 0 Å². The third kappa shape index (κ3) is 7.13. The summed E-state index contributed by atoms with van der Waals surface area (Å²) in [5, 5.41) is 7.69. The SMILES string of the molecule is [Pt].[c-]1c(Oc2[c-]c3c(cc2)c2ccccc2n3-c2nc3cccc4c5ccccc5n(c5ccccc5c5ccccc25)c34)cccc1-n1[c-][n+](-c2c(-c3ccccc3)cccc2-c2ccccc2)c2ccccc21. The van der Waals surface area contributed by atoms with Crippen LogP contribution in [0.4, 0.5) is 0 Å². The molecular formula is C68H41N5OPt-2. The average Bonchev–Trinajstić information content (AvgIpc) is 4.17. The molecule has 0 aliphatic carbocycles. The van der Waals surface area contributed by atoms with Gasteiger partial charge in [0, 0.05) is 59.6 Å². The van der Waals surface area contributed by atoms with Gasteiger partial charge in [-0.2, -0.15) is 18.2 Å². The quantitative estimate of drug-likeness (QED) is 0.118. The number of fused-ring (bicyclic) bond motifs is 11. The second kappa shape index (κ2) is 18.0. The van der Waals surface area contributed by atoms with Crippen LogP contribution in [0.25, 0.3) is 121 Å². The maximum atomic E-state index is 6.85. The average molecular weight is 1140 g/mol. The zero-order chi connectivity index (χ0) is 48.7. The van der Waals surface area contributed by atoms with Crippen LogP contribution >= 0.6 is 0 Å². The standard InChI is InChI=1S/C68H41N5O.Pt/c1-3-20-45(21-4-1)50-31-18-32-51(46-22-5-2-6-23-46)66(50)71-44-70(63-38-15-16-39-64(63)71)47-24-17-25-48(42-47)74-49-40-41-56-54-28-10-14-37-62(54)73(65(56)43-49)68-58-30-8-7-26-52(58)53-27-9-12-35-60(53)72-61-36-13-11-29-55(61)57-33-19-34-59(69-68)67(57)72;/h1-41H;/q-2;. The number of hydrogen-bond donors (Lipinski definition) is 0. The molecule has 6 nitrogen and oxygen atoms in total. The van der Waals surface area contributed by atoms with E-state index in [0.29, 0.717) is 11.5 Å². The van der Waals surface area contributed by atoms with Gasteiger partial charge in [0.2, 0.25) is 0 Å². The molecule has 0 fully saturated rings. The Kier molecular flexibility index (Phi) is 10.6. The fourth-order valence-corrected chi connectivity index (χ4v) is 11.3. The van der Waals surface area contributed by atoms with E-state index >= 15 is 0 Å². The molecule has 0 radical (unpaired) electrons.